The van der Waals surface area contributed by atoms with E-state index in [4.69, 9.17) is 0 Å². The predicted octanol–water partition coefficient (Wildman–Crippen LogP) is 5.84. The molecule has 0 aliphatic rings. The van der Waals surface area contributed by atoms with Gasteiger partial charge in [0, 0.05) is 8.95 Å². The van der Waals surface area contributed by atoms with Crippen LogP contribution in [0.1, 0.15) is 40.8 Å². The Morgan fingerprint density at radius 3 is 2.24 bits per heavy atom. The molecule has 2 aromatic rings. The number of halogens is 2. The summed E-state index contributed by atoms with van der Waals surface area (Å²) in [5.74, 6) is 0. The second-order valence-corrected chi connectivity index (χ2v) is 7.17. The molecule has 112 valence electrons. The molecule has 0 aliphatic carbocycles. The van der Waals surface area contributed by atoms with Crippen LogP contribution in [-0.2, 0) is 0 Å². The third-order valence-electron chi connectivity index (χ3n) is 3.86. The van der Waals surface area contributed by atoms with E-state index in [1.54, 1.807) is 0 Å². The maximum absolute atomic E-state index is 3.72. The topological polar surface area (TPSA) is 12.0 Å². The third kappa shape index (κ3) is 3.77. The fourth-order valence-electron chi connectivity index (χ4n) is 2.44. The average Bonchev–Trinajstić information content (AvgIpc) is 2.44. The summed E-state index contributed by atoms with van der Waals surface area (Å²) in [5, 5.41) is 3.60. The second-order valence-electron chi connectivity index (χ2n) is 5.46. The molecule has 3 heteroatoms. The number of rotatable bonds is 4. The monoisotopic (exact) mass is 409 g/mol. The van der Waals surface area contributed by atoms with Crippen molar-refractivity contribution >= 4 is 31.9 Å². The van der Waals surface area contributed by atoms with Crippen LogP contribution in [0.3, 0.4) is 0 Å². The fraction of sp³-hybridized carbons (Fsp3) is 0.333. The SMILES string of the molecule is CCNC(c1ccc(C)c(C)c1)c1cc(Br)c(C)cc1Br. The molecular weight excluding hydrogens is 390 g/mol. The van der Waals surface area contributed by atoms with Crippen LogP contribution in [0, 0.1) is 20.8 Å². The molecule has 0 amide bonds. The number of aryl methyl sites for hydroxylation is 3. The van der Waals surface area contributed by atoms with Gasteiger partial charge in [0.2, 0.25) is 0 Å². The Bertz CT molecular complexity index is 650. The highest BCUT2D eigenvalue weighted by Gasteiger charge is 2.17. The molecule has 1 nitrogen and oxygen atoms in total. The first-order valence-electron chi connectivity index (χ1n) is 7.20. The van der Waals surface area contributed by atoms with Crippen molar-refractivity contribution in [1.29, 1.82) is 0 Å². The molecule has 1 unspecified atom stereocenters. The van der Waals surface area contributed by atoms with Crippen LogP contribution in [0.4, 0.5) is 0 Å². The number of nitrogens with one attached hydrogen (secondary N) is 1. The Morgan fingerprint density at radius 1 is 0.905 bits per heavy atom. The maximum atomic E-state index is 3.72. The quantitative estimate of drug-likeness (QED) is 0.667. The largest absolute Gasteiger partial charge is 0.306 e. The summed E-state index contributed by atoms with van der Waals surface area (Å²) in [4.78, 5) is 0. The van der Waals surface area contributed by atoms with Gasteiger partial charge in [-0.05, 0) is 67.3 Å². The summed E-state index contributed by atoms with van der Waals surface area (Å²) in [7, 11) is 0. The first-order valence-corrected chi connectivity index (χ1v) is 8.78. The first-order chi connectivity index (χ1) is 9.93. The van der Waals surface area contributed by atoms with E-state index >= 15 is 0 Å². The summed E-state index contributed by atoms with van der Waals surface area (Å²) < 4.78 is 2.29. The maximum Gasteiger partial charge on any atom is 0.0588 e. The van der Waals surface area contributed by atoms with Gasteiger partial charge in [-0.3, -0.25) is 0 Å². The molecule has 0 bridgehead atoms. The van der Waals surface area contributed by atoms with Crippen LogP contribution in [0.2, 0.25) is 0 Å². The lowest BCUT2D eigenvalue weighted by Gasteiger charge is -2.22. The lowest BCUT2D eigenvalue weighted by molar-refractivity contribution is 0.627. The minimum atomic E-state index is 0.195. The van der Waals surface area contributed by atoms with Crippen LogP contribution in [0.25, 0.3) is 0 Å². The molecule has 0 spiro atoms. The Morgan fingerprint density at radius 2 is 1.62 bits per heavy atom. The summed E-state index contributed by atoms with van der Waals surface area (Å²) in [6, 6.07) is 11.3. The van der Waals surface area contributed by atoms with Gasteiger partial charge >= 0.3 is 0 Å². The van der Waals surface area contributed by atoms with Crippen molar-refractivity contribution < 1.29 is 0 Å². The van der Waals surface area contributed by atoms with E-state index in [2.05, 4.69) is 95.2 Å². The third-order valence-corrected chi connectivity index (χ3v) is 5.40. The molecule has 21 heavy (non-hydrogen) atoms. The van der Waals surface area contributed by atoms with Crippen molar-refractivity contribution in [3.8, 4) is 0 Å². The van der Waals surface area contributed by atoms with Crippen molar-refractivity contribution in [2.75, 3.05) is 6.54 Å². The van der Waals surface area contributed by atoms with E-state index < -0.39 is 0 Å². The van der Waals surface area contributed by atoms with Gasteiger partial charge in [0.1, 0.15) is 0 Å². The highest BCUT2D eigenvalue weighted by molar-refractivity contribution is 9.11. The summed E-state index contributed by atoms with van der Waals surface area (Å²) in [6.45, 7) is 9.50. The molecule has 1 N–H and O–H groups in total. The highest BCUT2D eigenvalue weighted by Crippen LogP contribution is 2.33. The second kappa shape index (κ2) is 7.08. The average molecular weight is 411 g/mol. The Balaban J connectivity index is 2.52. The Kier molecular flexibility index (Phi) is 5.64. The minimum absolute atomic E-state index is 0.195. The van der Waals surface area contributed by atoms with Crippen LogP contribution in [-0.4, -0.2) is 6.54 Å². The molecule has 0 heterocycles. The van der Waals surface area contributed by atoms with Crippen LogP contribution >= 0.6 is 31.9 Å². The fourth-order valence-corrected chi connectivity index (χ4v) is 3.49. The number of hydrogen-bond acceptors (Lipinski definition) is 1. The van der Waals surface area contributed by atoms with E-state index in [1.165, 1.54) is 27.8 Å². The zero-order valence-corrected chi connectivity index (χ0v) is 16.1. The summed E-state index contributed by atoms with van der Waals surface area (Å²) >= 11 is 7.37. The molecular formula is C18H21Br2N. The summed E-state index contributed by atoms with van der Waals surface area (Å²) in [5.41, 5.74) is 6.46. The molecule has 2 rings (SSSR count). The molecule has 0 aromatic heterocycles. The predicted molar refractivity (Wildman–Crippen MR) is 98.0 cm³/mol. The van der Waals surface area contributed by atoms with Crippen molar-refractivity contribution in [2.45, 2.75) is 33.7 Å². The minimum Gasteiger partial charge on any atom is -0.306 e. The van der Waals surface area contributed by atoms with Crippen molar-refractivity contribution in [1.82, 2.24) is 5.32 Å². The molecule has 0 saturated carbocycles. The van der Waals surface area contributed by atoms with E-state index in [1.807, 2.05) is 0 Å². The lowest BCUT2D eigenvalue weighted by atomic mass is 9.95. The van der Waals surface area contributed by atoms with E-state index in [0.29, 0.717) is 0 Å². The zero-order chi connectivity index (χ0) is 15.6. The van der Waals surface area contributed by atoms with Gasteiger partial charge in [0.25, 0.3) is 0 Å². The number of benzene rings is 2. The van der Waals surface area contributed by atoms with Crippen molar-refractivity contribution in [2.24, 2.45) is 0 Å². The van der Waals surface area contributed by atoms with Crippen molar-refractivity contribution in [3.05, 3.63) is 67.1 Å². The van der Waals surface area contributed by atoms with E-state index in [-0.39, 0.29) is 6.04 Å². The van der Waals surface area contributed by atoms with E-state index in [0.717, 1.165) is 15.5 Å². The normalized spacial score (nSPS) is 12.5. The van der Waals surface area contributed by atoms with Crippen LogP contribution in [0.15, 0.2) is 39.3 Å². The summed E-state index contributed by atoms with van der Waals surface area (Å²) in [6.07, 6.45) is 0. The van der Waals surface area contributed by atoms with Gasteiger partial charge in [-0.25, -0.2) is 0 Å². The van der Waals surface area contributed by atoms with Gasteiger partial charge in [-0.2, -0.15) is 0 Å². The molecule has 0 aliphatic heterocycles. The molecule has 0 fully saturated rings. The van der Waals surface area contributed by atoms with Crippen LogP contribution < -0.4 is 5.32 Å². The van der Waals surface area contributed by atoms with Gasteiger partial charge < -0.3 is 5.32 Å². The van der Waals surface area contributed by atoms with Gasteiger partial charge in [0.15, 0.2) is 0 Å². The Hall–Kier alpha value is -0.640. The van der Waals surface area contributed by atoms with Gasteiger partial charge in [-0.15, -0.1) is 0 Å². The number of hydrogen-bond donors (Lipinski definition) is 1. The van der Waals surface area contributed by atoms with Gasteiger partial charge in [-0.1, -0.05) is 57.0 Å². The van der Waals surface area contributed by atoms with Crippen molar-refractivity contribution in [3.63, 3.8) is 0 Å². The standard InChI is InChI=1S/C18H21Br2N/c1-5-21-18(14-7-6-11(2)12(3)8-14)15-10-16(19)13(4)9-17(15)20/h6-10,18,21H,5H2,1-4H3. The first kappa shape index (κ1) is 16.7. The molecule has 2 aromatic carbocycles. The smallest absolute Gasteiger partial charge is 0.0588 e. The van der Waals surface area contributed by atoms with Crippen LogP contribution in [0.5, 0.6) is 0 Å². The van der Waals surface area contributed by atoms with Gasteiger partial charge in [0.05, 0.1) is 6.04 Å². The molecule has 0 radical (unpaired) electrons. The zero-order valence-electron chi connectivity index (χ0n) is 12.9. The lowest BCUT2D eigenvalue weighted by Crippen LogP contribution is -2.22. The Labute approximate surface area is 144 Å². The highest BCUT2D eigenvalue weighted by atomic mass is 79.9. The molecule has 1 atom stereocenters. The molecule has 0 saturated heterocycles. The van der Waals surface area contributed by atoms with E-state index in [9.17, 15) is 0 Å².